The highest BCUT2D eigenvalue weighted by molar-refractivity contribution is 5.93. The van der Waals surface area contributed by atoms with E-state index in [1.54, 1.807) is 37.4 Å². The number of hydrogen-bond donors (Lipinski definition) is 1. The number of benzene rings is 2. The largest absolute Gasteiger partial charge is 0.324 e. The first kappa shape index (κ1) is 14.9. The summed E-state index contributed by atoms with van der Waals surface area (Å²) in [5.74, 6) is -0.892. The summed E-state index contributed by atoms with van der Waals surface area (Å²) in [5, 5.41) is 7.84. The van der Waals surface area contributed by atoms with Crippen molar-refractivity contribution in [2.45, 2.75) is 13.0 Å². The highest BCUT2D eigenvalue weighted by Crippen LogP contribution is 2.13. The lowest BCUT2D eigenvalue weighted by atomic mass is 10.2. The molecular weight excluding hydrogens is 297 g/mol. The Balaban J connectivity index is 1.90. The van der Waals surface area contributed by atoms with Crippen LogP contribution in [0.4, 0.5) is 10.1 Å². The molecule has 3 aromatic rings. The first-order valence-electron chi connectivity index (χ1n) is 7.09. The molecular formula is C17H14FN3O2. The van der Waals surface area contributed by atoms with Gasteiger partial charge in [-0.3, -0.25) is 9.59 Å². The fraction of sp³-hybridized carbons (Fsp3) is 0.118. The van der Waals surface area contributed by atoms with Gasteiger partial charge < -0.3 is 5.32 Å². The maximum absolute atomic E-state index is 13.2. The van der Waals surface area contributed by atoms with Gasteiger partial charge in [-0.2, -0.15) is 5.10 Å². The molecule has 1 heterocycles. The Hall–Kier alpha value is -3.02. The summed E-state index contributed by atoms with van der Waals surface area (Å²) >= 11 is 0. The lowest BCUT2D eigenvalue weighted by Gasteiger charge is -2.14. The predicted molar refractivity (Wildman–Crippen MR) is 85.7 cm³/mol. The molecule has 2 aromatic carbocycles. The van der Waals surface area contributed by atoms with Gasteiger partial charge in [0.1, 0.15) is 11.9 Å². The van der Waals surface area contributed by atoms with Gasteiger partial charge in [-0.15, -0.1) is 0 Å². The van der Waals surface area contributed by atoms with Gasteiger partial charge in [0, 0.05) is 11.1 Å². The summed E-state index contributed by atoms with van der Waals surface area (Å²) in [6.07, 6.45) is 1.54. The molecule has 23 heavy (non-hydrogen) atoms. The van der Waals surface area contributed by atoms with Gasteiger partial charge in [-0.1, -0.05) is 24.3 Å². The van der Waals surface area contributed by atoms with Crippen molar-refractivity contribution < 1.29 is 9.18 Å². The third-order valence-corrected chi connectivity index (χ3v) is 3.56. The van der Waals surface area contributed by atoms with Crippen LogP contribution in [0.5, 0.6) is 0 Å². The summed E-state index contributed by atoms with van der Waals surface area (Å²) in [6, 6.07) is 11.8. The van der Waals surface area contributed by atoms with Crippen LogP contribution >= 0.6 is 0 Å². The van der Waals surface area contributed by atoms with Gasteiger partial charge in [0.2, 0.25) is 5.91 Å². The molecule has 0 spiro atoms. The van der Waals surface area contributed by atoms with E-state index in [0.29, 0.717) is 16.5 Å². The van der Waals surface area contributed by atoms with E-state index in [0.717, 1.165) is 4.68 Å². The van der Waals surface area contributed by atoms with Crippen molar-refractivity contribution in [3.63, 3.8) is 0 Å². The van der Waals surface area contributed by atoms with Gasteiger partial charge in [-0.25, -0.2) is 9.07 Å². The van der Waals surface area contributed by atoms with Crippen LogP contribution in [-0.4, -0.2) is 15.7 Å². The molecule has 6 heteroatoms. The fourth-order valence-electron chi connectivity index (χ4n) is 2.30. The minimum absolute atomic E-state index is 0.329. The van der Waals surface area contributed by atoms with Crippen molar-refractivity contribution in [3.05, 3.63) is 70.9 Å². The number of halogens is 1. The second-order valence-corrected chi connectivity index (χ2v) is 5.16. The number of nitrogens with zero attached hydrogens (tertiary/aromatic N) is 2. The average Bonchev–Trinajstić information content (AvgIpc) is 2.55. The van der Waals surface area contributed by atoms with Crippen LogP contribution in [0.3, 0.4) is 0 Å². The van der Waals surface area contributed by atoms with Gasteiger partial charge in [0.15, 0.2) is 0 Å². The average molecular weight is 311 g/mol. The van der Waals surface area contributed by atoms with Crippen molar-refractivity contribution in [1.29, 1.82) is 0 Å². The topological polar surface area (TPSA) is 64.0 Å². The Bertz CT molecular complexity index is 936. The molecule has 0 aliphatic carbocycles. The van der Waals surface area contributed by atoms with Crippen molar-refractivity contribution in [2.75, 3.05) is 5.32 Å². The molecule has 3 rings (SSSR count). The molecule has 1 unspecified atom stereocenters. The van der Waals surface area contributed by atoms with E-state index < -0.39 is 17.8 Å². The number of anilines is 1. The monoisotopic (exact) mass is 311 g/mol. The molecule has 116 valence electrons. The molecule has 0 saturated carbocycles. The molecule has 0 bridgehead atoms. The maximum atomic E-state index is 13.2. The van der Waals surface area contributed by atoms with Gasteiger partial charge in [-0.05, 0) is 31.2 Å². The molecule has 0 aliphatic heterocycles. The Kier molecular flexibility index (Phi) is 3.89. The number of nitrogens with one attached hydrogen (secondary N) is 1. The van der Waals surface area contributed by atoms with Gasteiger partial charge in [0.05, 0.1) is 11.6 Å². The number of fused-ring (bicyclic) bond motifs is 1. The molecule has 1 N–H and O–H groups in total. The maximum Gasteiger partial charge on any atom is 0.275 e. The van der Waals surface area contributed by atoms with E-state index in [4.69, 9.17) is 0 Å². The van der Waals surface area contributed by atoms with Gasteiger partial charge in [0.25, 0.3) is 5.56 Å². The van der Waals surface area contributed by atoms with E-state index in [9.17, 15) is 14.0 Å². The van der Waals surface area contributed by atoms with Crippen molar-refractivity contribution in [2.24, 2.45) is 0 Å². The van der Waals surface area contributed by atoms with Crippen LogP contribution in [0.15, 0.2) is 59.5 Å². The lowest BCUT2D eigenvalue weighted by Crippen LogP contribution is -2.33. The van der Waals surface area contributed by atoms with Crippen molar-refractivity contribution >= 4 is 22.4 Å². The fourth-order valence-corrected chi connectivity index (χ4v) is 2.30. The van der Waals surface area contributed by atoms with Crippen molar-refractivity contribution in [1.82, 2.24) is 9.78 Å². The first-order chi connectivity index (χ1) is 11.1. The number of carbonyl (C=O) groups is 1. The highest BCUT2D eigenvalue weighted by atomic mass is 19.1. The molecule has 0 radical (unpaired) electrons. The van der Waals surface area contributed by atoms with E-state index >= 15 is 0 Å². The summed E-state index contributed by atoms with van der Waals surface area (Å²) in [6.45, 7) is 1.57. The van der Waals surface area contributed by atoms with E-state index in [2.05, 4.69) is 10.4 Å². The number of rotatable bonds is 3. The van der Waals surface area contributed by atoms with Gasteiger partial charge >= 0.3 is 0 Å². The highest BCUT2D eigenvalue weighted by Gasteiger charge is 2.18. The summed E-state index contributed by atoms with van der Waals surface area (Å²) in [7, 11) is 0. The van der Waals surface area contributed by atoms with Crippen LogP contribution in [-0.2, 0) is 4.79 Å². The van der Waals surface area contributed by atoms with Crippen LogP contribution < -0.4 is 10.9 Å². The molecule has 1 aromatic heterocycles. The van der Waals surface area contributed by atoms with E-state index in [1.807, 2.05) is 6.07 Å². The number of amides is 1. The SMILES string of the molecule is CC(C(=O)Nc1cccc(F)c1)n1ncc2ccccc2c1=O. The number of carbonyl (C=O) groups excluding carboxylic acids is 1. The minimum atomic E-state index is -0.824. The Morgan fingerprint density at radius 1 is 1.22 bits per heavy atom. The Morgan fingerprint density at radius 2 is 2.00 bits per heavy atom. The number of aromatic nitrogens is 2. The predicted octanol–water partition coefficient (Wildman–Crippen LogP) is 2.74. The molecule has 5 nitrogen and oxygen atoms in total. The summed E-state index contributed by atoms with van der Waals surface area (Å²) in [5.41, 5.74) is -0.0133. The minimum Gasteiger partial charge on any atom is -0.324 e. The molecule has 0 fully saturated rings. The molecule has 1 amide bonds. The lowest BCUT2D eigenvalue weighted by molar-refractivity contribution is -0.119. The Morgan fingerprint density at radius 3 is 2.78 bits per heavy atom. The summed E-state index contributed by atoms with van der Waals surface area (Å²) < 4.78 is 14.3. The van der Waals surface area contributed by atoms with Crippen LogP contribution in [0.2, 0.25) is 0 Å². The zero-order valence-corrected chi connectivity index (χ0v) is 12.4. The second kappa shape index (κ2) is 6.00. The third-order valence-electron chi connectivity index (χ3n) is 3.56. The number of hydrogen-bond acceptors (Lipinski definition) is 3. The Labute approximate surface area is 131 Å². The first-order valence-corrected chi connectivity index (χ1v) is 7.09. The normalized spacial score (nSPS) is 12.1. The van der Waals surface area contributed by atoms with Crippen LogP contribution in [0, 0.1) is 5.82 Å². The zero-order valence-electron chi connectivity index (χ0n) is 12.4. The second-order valence-electron chi connectivity index (χ2n) is 5.16. The standard InChI is InChI=1S/C17H14FN3O2/c1-11(16(22)20-14-7-4-6-13(18)9-14)21-17(23)15-8-3-2-5-12(15)10-19-21/h2-11H,1H3,(H,20,22). The molecule has 1 atom stereocenters. The van der Waals surface area contributed by atoms with Crippen molar-refractivity contribution in [3.8, 4) is 0 Å². The molecule has 0 saturated heterocycles. The smallest absolute Gasteiger partial charge is 0.275 e. The third kappa shape index (κ3) is 2.96. The van der Waals surface area contributed by atoms with Crippen LogP contribution in [0.25, 0.3) is 10.8 Å². The zero-order chi connectivity index (χ0) is 16.4. The van der Waals surface area contributed by atoms with Crippen LogP contribution in [0.1, 0.15) is 13.0 Å². The summed E-state index contributed by atoms with van der Waals surface area (Å²) in [4.78, 5) is 24.7. The quantitative estimate of drug-likeness (QED) is 0.809. The van der Waals surface area contributed by atoms with E-state index in [1.165, 1.54) is 18.2 Å². The molecule has 0 aliphatic rings. The van der Waals surface area contributed by atoms with E-state index in [-0.39, 0.29) is 5.56 Å².